The van der Waals surface area contributed by atoms with Crippen LogP contribution >= 0.6 is 0 Å². The first-order valence-corrected chi connectivity index (χ1v) is 26.5. The molecule has 0 unspecified atom stereocenters. The lowest BCUT2D eigenvalue weighted by Gasteiger charge is -2.10. The molecule has 1 N–H and O–H groups in total. The Bertz CT molecular complexity index is 1340. The number of hydrogen-bond donors (Lipinski definition) is 1. The highest BCUT2D eigenvalue weighted by Crippen LogP contribution is 2.20. The normalized spacial score (nSPS) is 11.9. The highest BCUT2D eigenvalue weighted by Gasteiger charge is 2.23. The van der Waals surface area contributed by atoms with Gasteiger partial charge < -0.3 is 9.47 Å². The van der Waals surface area contributed by atoms with E-state index < -0.39 is 27.0 Å². The summed E-state index contributed by atoms with van der Waals surface area (Å²) in [5, 5.41) is 0. The van der Waals surface area contributed by atoms with Crippen molar-refractivity contribution in [3.05, 3.63) is 53.6 Å². The SMILES string of the molecule is CCCCCCCCCCCCCCCCCC/C=C/CCOC(=O)c1ccc(S(=O)(=O)O)cc1C(=O)OCC/C=C/CCCCCCCCCCCCCCCCCC. The van der Waals surface area contributed by atoms with Crippen molar-refractivity contribution in [2.75, 3.05) is 13.2 Å². The number of ether oxygens (including phenoxy) is 2. The van der Waals surface area contributed by atoms with Crippen molar-refractivity contribution in [2.45, 2.75) is 250 Å². The molecule has 60 heavy (non-hydrogen) atoms. The lowest BCUT2D eigenvalue weighted by atomic mass is 10.0. The number of allylic oxidation sites excluding steroid dienone is 2. The summed E-state index contributed by atoms with van der Waals surface area (Å²) in [7, 11) is -4.59. The molecule has 0 heterocycles. The maximum absolute atomic E-state index is 13.0. The smallest absolute Gasteiger partial charge is 0.339 e. The van der Waals surface area contributed by atoms with Gasteiger partial charge in [0, 0.05) is 0 Å². The van der Waals surface area contributed by atoms with Gasteiger partial charge in [0.1, 0.15) is 0 Å². The third-order valence-corrected chi connectivity index (χ3v) is 12.4. The van der Waals surface area contributed by atoms with Gasteiger partial charge in [-0.05, 0) is 56.7 Å². The van der Waals surface area contributed by atoms with Crippen LogP contribution in [0.3, 0.4) is 0 Å². The van der Waals surface area contributed by atoms with Crippen molar-refractivity contribution in [3.63, 3.8) is 0 Å². The standard InChI is InChI=1S/C52H90O7S/c1-3-5-7-9-11-13-15-17-19-21-23-25-27-29-31-33-35-37-39-41-45-58-51(53)49-44-43-48(60(55,56)57)47-50(49)52(54)59-46-42-40-38-36-34-32-30-28-26-24-22-20-18-16-14-12-10-8-6-4-2/h37-40,43-44,47H,3-36,41-42,45-46H2,1-2H3,(H,55,56,57)/b39-37+,40-38+. The van der Waals surface area contributed by atoms with E-state index in [0.29, 0.717) is 12.8 Å². The molecule has 0 saturated heterocycles. The van der Waals surface area contributed by atoms with E-state index in [1.807, 2.05) is 12.2 Å². The van der Waals surface area contributed by atoms with Gasteiger partial charge in [-0.2, -0.15) is 8.42 Å². The molecular weight excluding hydrogens is 769 g/mol. The molecule has 0 aliphatic carbocycles. The number of unbranched alkanes of at least 4 members (excludes halogenated alkanes) is 32. The molecule has 1 aromatic rings. The molecule has 8 heteroatoms. The summed E-state index contributed by atoms with van der Waals surface area (Å²) < 4.78 is 43.9. The molecule has 7 nitrogen and oxygen atoms in total. The van der Waals surface area contributed by atoms with Gasteiger partial charge in [0.15, 0.2) is 0 Å². The maximum Gasteiger partial charge on any atom is 0.339 e. The fourth-order valence-corrected chi connectivity index (χ4v) is 8.22. The van der Waals surface area contributed by atoms with Crippen molar-refractivity contribution in [3.8, 4) is 0 Å². The van der Waals surface area contributed by atoms with Gasteiger partial charge in [0.05, 0.1) is 29.2 Å². The molecule has 1 aromatic carbocycles. The maximum atomic E-state index is 13.0. The molecule has 0 amide bonds. The Morgan fingerprint density at radius 1 is 0.433 bits per heavy atom. The van der Waals surface area contributed by atoms with Crippen molar-refractivity contribution in [1.82, 2.24) is 0 Å². The average molecular weight is 859 g/mol. The summed E-state index contributed by atoms with van der Waals surface area (Å²) >= 11 is 0. The highest BCUT2D eigenvalue weighted by atomic mass is 32.2. The molecule has 0 saturated carbocycles. The largest absolute Gasteiger partial charge is 0.462 e. The van der Waals surface area contributed by atoms with Crippen molar-refractivity contribution in [2.24, 2.45) is 0 Å². The molecule has 0 aliphatic rings. The summed E-state index contributed by atoms with van der Waals surface area (Å²) in [6.45, 7) is 4.76. The third-order valence-electron chi connectivity index (χ3n) is 11.5. The predicted molar refractivity (Wildman–Crippen MR) is 253 cm³/mol. The van der Waals surface area contributed by atoms with Gasteiger partial charge in [-0.25, -0.2) is 9.59 Å². The van der Waals surface area contributed by atoms with Crippen LogP contribution in [0.25, 0.3) is 0 Å². The van der Waals surface area contributed by atoms with Gasteiger partial charge in [-0.15, -0.1) is 0 Å². The second kappa shape index (κ2) is 40.6. The van der Waals surface area contributed by atoms with E-state index in [-0.39, 0.29) is 24.3 Å². The van der Waals surface area contributed by atoms with E-state index in [9.17, 15) is 22.6 Å². The van der Waals surface area contributed by atoms with Crippen molar-refractivity contribution >= 4 is 22.1 Å². The Morgan fingerprint density at radius 2 is 0.717 bits per heavy atom. The number of carbonyl (C=O) groups excluding carboxylic acids is 2. The number of carbonyl (C=O) groups is 2. The van der Waals surface area contributed by atoms with E-state index >= 15 is 0 Å². The highest BCUT2D eigenvalue weighted by molar-refractivity contribution is 7.85. The van der Waals surface area contributed by atoms with Gasteiger partial charge in [0.25, 0.3) is 10.1 Å². The molecule has 0 spiro atoms. The van der Waals surface area contributed by atoms with Gasteiger partial charge >= 0.3 is 11.9 Å². The second-order valence-electron chi connectivity index (χ2n) is 17.2. The molecule has 1 rings (SSSR count). The van der Waals surface area contributed by atoms with E-state index in [1.165, 1.54) is 199 Å². The van der Waals surface area contributed by atoms with Gasteiger partial charge in [-0.1, -0.05) is 231 Å². The van der Waals surface area contributed by atoms with Crippen LogP contribution in [-0.2, 0) is 19.6 Å². The molecule has 0 aromatic heterocycles. The summed E-state index contributed by atoms with van der Waals surface area (Å²) in [5.74, 6) is -1.58. The predicted octanol–water partition coefficient (Wildman–Crippen LogP) is 16.4. The number of benzene rings is 1. The lowest BCUT2D eigenvalue weighted by Crippen LogP contribution is -2.16. The molecule has 346 valence electrons. The van der Waals surface area contributed by atoms with Crippen LogP contribution in [-0.4, -0.2) is 38.1 Å². The van der Waals surface area contributed by atoms with E-state index in [0.717, 1.165) is 37.8 Å². The minimum Gasteiger partial charge on any atom is -0.462 e. The van der Waals surface area contributed by atoms with E-state index in [4.69, 9.17) is 9.47 Å². The van der Waals surface area contributed by atoms with Crippen molar-refractivity contribution < 1.29 is 32.0 Å². The zero-order valence-electron chi connectivity index (χ0n) is 38.7. The molecule has 0 fully saturated rings. The minimum atomic E-state index is -4.59. The molecular formula is C52H90O7S. The van der Waals surface area contributed by atoms with Crippen LogP contribution in [0.2, 0.25) is 0 Å². The Labute approximate surface area is 369 Å². The van der Waals surface area contributed by atoms with Crippen LogP contribution in [0.15, 0.2) is 47.4 Å². The van der Waals surface area contributed by atoms with E-state index in [2.05, 4.69) is 26.0 Å². The second-order valence-corrected chi connectivity index (χ2v) is 18.6. The number of hydrogen-bond acceptors (Lipinski definition) is 6. The molecule has 0 aliphatic heterocycles. The topological polar surface area (TPSA) is 107 Å². The lowest BCUT2D eigenvalue weighted by molar-refractivity contribution is 0.0464. The van der Waals surface area contributed by atoms with E-state index in [1.54, 1.807) is 0 Å². The fourth-order valence-electron chi connectivity index (χ4n) is 7.72. The number of rotatable bonds is 43. The van der Waals surface area contributed by atoms with Crippen LogP contribution < -0.4 is 0 Å². The van der Waals surface area contributed by atoms with Gasteiger partial charge in [0.2, 0.25) is 0 Å². The first-order valence-electron chi connectivity index (χ1n) is 25.1. The van der Waals surface area contributed by atoms with Crippen LogP contribution in [0.1, 0.15) is 266 Å². The Balaban J connectivity index is 2.18. The first-order chi connectivity index (χ1) is 29.3. The van der Waals surface area contributed by atoms with Gasteiger partial charge in [-0.3, -0.25) is 4.55 Å². The van der Waals surface area contributed by atoms with Crippen LogP contribution in [0.4, 0.5) is 0 Å². The van der Waals surface area contributed by atoms with Crippen molar-refractivity contribution in [1.29, 1.82) is 0 Å². The average Bonchev–Trinajstić information content (AvgIpc) is 3.24. The number of esters is 2. The zero-order valence-corrected chi connectivity index (χ0v) is 39.5. The first kappa shape index (κ1) is 55.6. The summed E-state index contributed by atoms with van der Waals surface area (Å²) in [4.78, 5) is 25.4. The van der Waals surface area contributed by atoms with Crippen LogP contribution in [0, 0.1) is 0 Å². The van der Waals surface area contributed by atoms with Crippen LogP contribution in [0.5, 0.6) is 0 Å². The Morgan fingerprint density at radius 3 is 1.03 bits per heavy atom. The minimum absolute atomic E-state index is 0.0864. The summed E-state index contributed by atoms with van der Waals surface area (Å²) in [6.07, 6.45) is 54.4. The fraction of sp³-hybridized carbons (Fsp3) is 0.769. The Hall–Kier alpha value is -2.45. The summed E-state index contributed by atoms with van der Waals surface area (Å²) in [6, 6.07) is 3.24. The quantitative estimate of drug-likeness (QED) is 0.0302. The molecule has 0 atom stereocenters. The Kier molecular flexibility index (Phi) is 37.6. The summed E-state index contributed by atoms with van der Waals surface area (Å²) in [5.41, 5.74) is -0.338. The third kappa shape index (κ3) is 33.2. The zero-order chi connectivity index (χ0) is 43.6. The monoisotopic (exact) mass is 859 g/mol. The molecule has 0 radical (unpaired) electrons. The molecule has 0 bridgehead atoms.